The summed E-state index contributed by atoms with van der Waals surface area (Å²) in [5.74, 6) is -0.435. The second kappa shape index (κ2) is 13.8. The molecule has 0 aromatic carbocycles. The Morgan fingerprint density at radius 1 is 1.50 bits per heavy atom. The first-order chi connectivity index (χ1) is 5.91. The van der Waals surface area contributed by atoms with Crippen LogP contribution in [0.1, 0.15) is 20.3 Å². The molecule has 0 aromatic rings. The molecule has 0 heterocycles. The molecule has 0 spiro atoms. The molecule has 0 unspecified atom stereocenters. The molecule has 5 nitrogen and oxygen atoms in total. The fourth-order valence-corrected chi connectivity index (χ4v) is 0.497. The molecule has 0 bridgehead atoms. The first kappa shape index (κ1) is 20.2. The second-order valence-corrected chi connectivity index (χ2v) is 2.91. The van der Waals surface area contributed by atoms with E-state index < -0.39 is 16.9 Å². The Morgan fingerprint density at radius 2 is 1.86 bits per heavy atom. The van der Waals surface area contributed by atoms with Crippen LogP contribution in [0.5, 0.6) is 0 Å². The number of nitrogens with two attached hydrogens (primary N) is 1. The third kappa shape index (κ3) is 23.0. The van der Waals surface area contributed by atoms with Crippen LogP contribution in [0.3, 0.4) is 0 Å². The van der Waals surface area contributed by atoms with Gasteiger partial charge in [0.15, 0.2) is 0 Å². The van der Waals surface area contributed by atoms with E-state index in [9.17, 15) is 13.2 Å². The van der Waals surface area contributed by atoms with Crippen molar-refractivity contribution in [2.24, 2.45) is 5.73 Å². The van der Waals surface area contributed by atoms with Crippen LogP contribution >= 0.6 is 0 Å². The quantitative estimate of drug-likeness (QED) is 0.393. The van der Waals surface area contributed by atoms with Crippen LogP contribution in [-0.4, -0.2) is 72.3 Å². The first-order valence-corrected chi connectivity index (χ1v) is 4.74. The number of thiol groups is 1. The molecular formula is C7H16KNO4S. The van der Waals surface area contributed by atoms with Gasteiger partial charge in [-0.3, -0.25) is 8.98 Å². The average Bonchev–Trinajstić information content (AvgIpc) is 2.01. The van der Waals surface area contributed by atoms with Crippen molar-refractivity contribution in [2.75, 3.05) is 6.61 Å². The van der Waals surface area contributed by atoms with E-state index in [0.717, 1.165) is 6.42 Å². The predicted molar refractivity (Wildman–Crippen MR) is 57.7 cm³/mol. The van der Waals surface area contributed by atoms with Crippen molar-refractivity contribution in [1.29, 1.82) is 0 Å². The normalized spacial score (nSPS) is 8.21. The summed E-state index contributed by atoms with van der Waals surface area (Å²) in [5.41, 5.74) is 5.09. The summed E-state index contributed by atoms with van der Waals surface area (Å²) < 4.78 is 23.3. The van der Waals surface area contributed by atoms with Gasteiger partial charge in [-0.15, -0.1) is 0 Å². The van der Waals surface area contributed by atoms with Crippen molar-refractivity contribution in [3.63, 3.8) is 0 Å². The van der Waals surface area contributed by atoms with E-state index in [2.05, 4.69) is 10.8 Å². The maximum absolute atomic E-state index is 9.82. The molecule has 0 aliphatic heterocycles. The SMILES string of the molecule is C=C(C)C(N)=O.CCCO[SH](=O)=O.[KH]. The second-order valence-electron chi connectivity index (χ2n) is 2.20. The molecule has 0 aliphatic carbocycles. The Morgan fingerprint density at radius 3 is 1.93 bits per heavy atom. The monoisotopic (exact) mass is 249 g/mol. The number of hydrogen-bond donors (Lipinski definition) is 2. The van der Waals surface area contributed by atoms with Crippen LogP contribution in [0.4, 0.5) is 0 Å². The number of primary amides is 1. The Labute approximate surface area is 129 Å². The average molecular weight is 249 g/mol. The zero-order valence-corrected chi connectivity index (χ0v) is 8.67. The van der Waals surface area contributed by atoms with Crippen LogP contribution in [0, 0.1) is 0 Å². The van der Waals surface area contributed by atoms with E-state index in [4.69, 9.17) is 5.73 Å². The molecule has 0 fully saturated rings. The molecule has 0 saturated carbocycles. The fraction of sp³-hybridized carbons (Fsp3) is 0.571. The zero-order valence-electron chi connectivity index (χ0n) is 7.78. The molecule has 7 heteroatoms. The first-order valence-electron chi connectivity index (χ1n) is 3.64. The Hall–Kier alpha value is 0.756. The van der Waals surface area contributed by atoms with Crippen LogP contribution in [-0.2, 0) is 20.0 Å². The molecule has 0 radical (unpaired) electrons. The third-order valence-electron chi connectivity index (χ3n) is 0.821. The van der Waals surface area contributed by atoms with Gasteiger partial charge in [-0.1, -0.05) is 13.5 Å². The van der Waals surface area contributed by atoms with Gasteiger partial charge in [-0.05, 0) is 13.3 Å². The number of rotatable bonds is 4. The van der Waals surface area contributed by atoms with Gasteiger partial charge >= 0.3 is 51.4 Å². The maximum atomic E-state index is 9.82. The van der Waals surface area contributed by atoms with Gasteiger partial charge in [0.1, 0.15) is 0 Å². The van der Waals surface area contributed by atoms with E-state index in [0.29, 0.717) is 12.2 Å². The van der Waals surface area contributed by atoms with Gasteiger partial charge in [0.2, 0.25) is 5.91 Å². The van der Waals surface area contributed by atoms with Gasteiger partial charge in [-0.25, -0.2) is 8.42 Å². The summed E-state index contributed by atoms with van der Waals surface area (Å²) in [5, 5.41) is 0. The molecule has 0 atom stereocenters. The molecule has 0 saturated heterocycles. The topological polar surface area (TPSA) is 86.5 Å². The van der Waals surface area contributed by atoms with Crippen molar-refractivity contribution in [3.8, 4) is 0 Å². The summed E-state index contributed by atoms with van der Waals surface area (Å²) in [7, 11) is -2.61. The van der Waals surface area contributed by atoms with Crippen molar-refractivity contribution >= 4 is 68.3 Å². The summed E-state index contributed by atoms with van der Waals surface area (Å²) in [6.07, 6.45) is 0.739. The van der Waals surface area contributed by atoms with Gasteiger partial charge in [0.05, 0.1) is 6.61 Å². The van der Waals surface area contributed by atoms with Crippen molar-refractivity contribution in [2.45, 2.75) is 20.3 Å². The third-order valence-corrected chi connectivity index (χ3v) is 1.21. The van der Waals surface area contributed by atoms with Gasteiger partial charge in [-0.2, -0.15) is 0 Å². The van der Waals surface area contributed by atoms with Crippen LogP contribution in [0.25, 0.3) is 0 Å². The minimum absolute atomic E-state index is 0. The molecule has 1 amide bonds. The van der Waals surface area contributed by atoms with Crippen molar-refractivity contribution < 1.29 is 17.4 Å². The summed E-state index contributed by atoms with van der Waals surface area (Å²) in [4.78, 5) is 9.82. The van der Waals surface area contributed by atoms with Gasteiger partial charge in [0, 0.05) is 5.57 Å². The van der Waals surface area contributed by atoms with Crippen molar-refractivity contribution in [1.82, 2.24) is 0 Å². The number of carbonyl (C=O) groups is 1. The summed E-state index contributed by atoms with van der Waals surface area (Å²) in [6, 6.07) is 0. The molecular weight excluding hydrogens is 233 g/mol. The van der Waals surface area contributed by atoms with Crippen molar-refractivity contribution in [3.05, 3.63) is 12.2 Å². The number of carbonyl (C=O) groups excluding carboxylic acids is 1. The molecule has 0 aromatic heterocycles. The molecule has 80 valence electrons. The fourth-order valence-electron chi connectivity index (χ4n) is 0.166. The minimum atomic E-state index is -2.61. The van der Waals surface area contributed by atoms with Crippen LogP contribution < -0.4 is 5.73 Å². The molecule has 2 N–H and O–H groups in total. The van der Waals surface area contributed by atoms with Gasteiger partial charge < -0.3 is 5.73 Å². The van der Waals surface area contributed by atoms with E-state index >= 15 is 0 Å². The predicted octanol–water partition coefficient (Wildman–Crippen LogP) is -0.661. The van der Waals surface area contributed by atoms with E-state index in [1.54, 1.807) is 6.92 Å². The number of hydrogen-bond acceptors (Lipinski definition) is 4. The Bertz CT molecular complexity index is 220. The van der Waals surface area contributed by atoms with Gasteiger partial charge in [0.25, 0.3) is 11.0 Å². The summed E-state index contributed by atoms with van der Waals surface area (Å²) >= 11 is 0. The Kier molecular flexibility index (Phi) is 19.9. The summed E-state index contributed by atoms with van der Waals surface area (Å²) in [6.45, 7) is 7.00. The Balaban J connectivity index is -0.000000163. The zero-order chi connectivity index (χ0) is 10.9. The molecule has 14 heavy (non-hydrogen) atoms. The van der Waals surface area contributed by atoms with E-state index in [-0.39, 0.29) is 51.4 Å². The van der Waals surface area contributed by atoms with E-state index in [1.165, 1.54) is 0 Å². The number of amides is 1. The van der Waals surface area contributed by atoms with E-state index in [1.807, 2.05) is 6.92 Å². The van der Waals surface area contributed by atoms with Crippen LogP contribution in [0.15, 0.2) is 12.2 Å². The van der Waals surface area contributed by atoms with Crippen LogP contribution in [0.2, 0.25) is 0 Å². The molecule has 0 rings (SSSR count). The standard InChI is InChI=1S/C4H7NO.C3H8O3S.K.H/c1-3(2)4(5)6;1-2-3-6-7(4)5;;/h1H2,2H3,(H2,5,6);7H,2-3H2,1H3;;. The molecule has 0 aliphatic rings.